The number of piperazine rings is 1. The Balaban J connectivity index is 1.44. The number of halogens is 2. The zero-order valence-electron chi connectivity index (χ0n) is 19.7. The summed E-state index contributed by atoms with van der Waals surface area (Å²) in [6.45, 7) is 2.99. The molecule has 1 amide bonds. The van der Waals surface area contributed by atoms with Crippen LogP contribution in [0.15, 0.2) is 36.4 Å². The number of carboxylic acids is 1. The number of methoxy groups -OCH3 is 1. The second-order valence-electron chi connectivity index (χ2n) is 8.07. The van der Waals surface area contributed by atoms with Crippen molar-refractivity contribution in [3.8, 4) is 6.01 Å². The smallest absolute Gasteiger partial charge is 0.326 e. The Hall–Kier alpha value is -3.74. The summed E-state index contributed by atoms with van der Waals surface area (Å²) in [4.78, 5) is 43.2. The normalized spacial score (nSPS) is 14.1. The molecule has 1 atom stereocenters. The summed E-state index contributed by atoms with van der Waals surface area (Å²) >= 11 is 11.7. The van der Waals surface area contributed by atoms with Gasteiger partial charge in [0.15, 0.2) is 0 Å². The highest BCUT2D eigenvalue weighted by molar-refractivity contribution is 6.33. The van der Waals surface area contributed by atoms with Crippen molar-refractivity contribution in [2.24, 2.45) is 0 Å². The molecular formula is C23H24Cl2N8O4. The van der Waals surface area contributed by atoms with Crippen LogP contribution in [0.5, 0.6) is 6.01 Å². The minimum absolute atomic E-state index is 0.0899. The van der Waals surface area contributed by atoms with Gasteiger partial charge in [-0.05, 0) is 29.8 Å². The molecule has 0 bridgehead atoms. The summed E-state index contributed by atoms with van der Waals surface area (Å²) in [6, 6.07) is 8.67. The van der Waals surface area contributed by atoms with E-state index in [1.807, 2.05) is 4.90 Å². The van der Waals surface area contributed by atoms with Gasteiger partial charge in [0.05, 0.1) is 7.11 Å². The van der Waals surface area contributed by atoms with Crippen LogP contribution in [0.1, 0.15) is 15.9 Å². The van der Waals surface area contributed by atoms with E-state index in [0.29, 0.717) is 24.7 Å². The van der Waals surface area contributed by atoms with E-state index in [4.69, 9.17) is 27.9 Å². The van der Waals surface area contributed by atoms with Crippen molar-refractivity contribution >= 4 is 52.7 Å². The molecule has 3 aromatic rings. The lowest BCUT2D eigenvalue weighted by molar-refractivity contribution is -0.137. The van der Waals surface area contributed by atoms with Crippen molar-refractivity contribution in [1.82, 2.24) is 25.3 Å². The first-order valence-corrected chi connectivity index (χ1v) is 12.0. The largest absolute Gasteiger partial charge is 0.480 e. The first-order valence-electron chi connectivity index (χ1n) is 11.3. The number of carbonyl (C=O) groups excluding carboxylic acids is 1. The number of carboxylic acid groups (broad SMARTS) is 1. The van der Waals surface area contributed by atoms with Crippen molar-refractivity contribution in [3.63, 3.8) is 0 Å². The van der Waals surface area contributed by atoms with Gasteiger partial charge in [0.25, 0.3) is 5.91 Å². The molecule has 0 aliphatic carbocycles. The highest BCUT2D eigenvalue weighted by atomic mass is 35.5. The molecule has 3 heterocycles. The molecule has 0 saturated carbocycles. The molecule has 2 aromatic heterocycles. The molecule has 37 heavy (non-hydrogen) atoms. The number of carbonyl (C=O) groups is 2. The van der Waals surface area contributed by atoms with Gasteiger partial charge in [0.1, 0.15) is 16.3 Å². The van der Waals surface area contributed by atoms with Gasteiger partial charge in [-0.2, -0.15) is 15.0 Å². The standard InChI is InChI=1S/C23H24Cl2N8O4/c1-37-23-31-21(30-22(32-23)33-8-6-26-7-9-33)28-16(20(35)36)10-13-2-4-15(5-3-13)27-19(34)14-11-17(24)29-18(25)12-14/h2-5,11-12,16,26H,6-10H2,1H3,(H,27,34)(H,35,36)(H,28,30,31,32)/t16-/m0/s1. The van der Waals surface area contributed by atoms with Crippen molar-refractivity contribution in [3.05, 3.63) is 57.8 Å². The minimum atomic E-state index is -1.08. The van der Waals surface area contributed by atoms with Gasteiger partial charge in [-0.15, -0.1) is 0 Å². The Kier molecular flexibility index (Phi) is 8.54. The highest BCUT2D eigenvalue weighted by Crippen LogP contribution is 2.19. The zero-order chi connectivity index (χ0) is 26.4. The van der Waals surface area contributed by atoms with Gasteiger partial charge in [0.2, 0.25) is 11.9 Å². The molecule has 1 fully saturated rings. The molecule has 1 saturated heterocycles. The Labute approximate surface area is 222 Å². The van der Waals surface area contributed by atoms with E-state index in [0.717, 1.165) is 18.7 Å². The van der Waals surface area contributed by atoms with E-state index in [-0.39, 0.29) is 34.2 Å². The fourth-order valence-corrected chi connectivity index (χ4v) is 4.08. The van der Waals surface area contributed by atoms with Gasteiger partial charge in [-0.3, -0.25) is 4.79 Å². The SMILES string of the molecule is COc1nc(N[C@@H](Cc2ccc(NC(=O)c3cc(Cl)nc(Cl)c3)cc2)C(=O)O)nc(N2CCNCC2)n1. The lowest BCUT2D eigenvalue weighted by Gasteiger charge is -2.27. The molecule has 0 unspecified atom stereocenters. The summed E-state index contributed by atoms with van der Waals surface area (Å²) in [5.74, 6) is -0.969. The van der Waals surface area contributed by atoms with E-state index in [2.05, 4.69) is 35.9 Å². The van der Waals surface area contributed by atoms with E-state index in [9.17, 15) is 14.7 Å². The summed E-state index contributed by atoms with van der Waals surface area (Å²) in [5.41, 5.74) is 1.49. The quantitative estimate of drug-likeness (QED) is 0.292. The number of hydrogen-bond acceptors (Lipinski definition) is 10. The first-order chi connectivity index (χ1) is 17.8. The summed E-state index contributed by atoms with van der Waals surface area (Å²) in [6.07, 6.45) is 0.135. The third-order valence-corrected chi connectivity index (χ3v) is 5.85. The first kappa shape index (κ1) is 26.3. The van der Waals surface area contributed by atoms with Gasteiger partial charge in [0, 0.05) is 43.9 Å². The predicted octanol–water partition coefficient (Wildman–Crippen LogP) is 2.35. The molecule has 12 nitrogen and oxygen atoms in total. The fraction of sp³-hybridized carbons (Fsp3) is 0.304. The average Bonchev–Trinajstić information content (AvgIpc) is 2.89. The number of amides is 1. The average molecular weight is 547 g/mol. The zero-order valence-corrected chi connectivity index (χ0v) is 21.3. The fourth-order valence-electron chi connectivity index (χ4n) is 3.62. The number of aliphatic carboxylic acids is 1. The number of hydrogen-bond donors (Lipinski definition) is 4. The monoisotopic (exact) mass is 546 g/mol. The molecule has 0 radical (unpaired) electrons. The van der Waals surface area contributed by atoms with Crippen LogP contribution in [0.25, 0.3) is 0 Å². The second-order valence-corrected chi connectivity index (χ2v) is 8.85. The van der Waals surface area contributed by atoms with Crippen LogP contribution in [0, 0.1) is 0 Å². The number of rotatable bonds is 9. The Morgan fingerprint density at radius 3 is 2.38 bits per heavy atom. The van der Waals surface area contributed by atoms with Crippen molar-refractivity contribution in [2.45, 2.75) is 12.5 Å². The molecule has 14 heteroatoms. The number of nitrogens with one attached hydrogen (secondary N) is 3. The molecule has 194 valence electrons. The number of pyridine rings is 1. The van der Waals surface area contributed by atoms with Crippen LogP contribution >= 0.6 is 23.2 Å². The molecule has 1 aliphatic rings. The summed E-state index contributed by atoms with van der Waals surface area (Å²) in [5, 5.41) is 18.9. The maximum atomic E-state index is 12.5. The van der Waals surface area contributed by atoms with Crippen molar-refractivity contribution in [2.75, 3.05) is 48.8 Å². The number of benzene rings is 1. The molecule has 1 aromatic carbocycles. The van der Waals surface area contributed by atoms with E-state index in [1.165, 1.54) is 19.2 Å². The maximum absolute atomic E-state index is 12.5. The third-order valence-electron chi connectivity index (χ3n) is 5.46. The van der Waals surface area contributed by atoms with Crippen molar-refractivity contribution in [1.29, 1.82) is 0 Å². The Morgan fingerprint density at radius 2 is 1.76 bits per heavy atom. The van der Waals surface area contributed by atoms with E-state index >= 15 is 0 Å². The number of ether oxygens (including phenoxy) is 1. The third kappa shape index (κ3) is 7.15. The second kappa shape index (κ2) is 12.0. The number of aromatic nitrogens is 4. The van der Waals surface area contributed by atoms with Gasteiger partial charge in [-0.1, -0.05) is 35.3 Å². The minimum Gasteiger partial charge on any atom is -0.480 e. The Bertz CT molecular complexity index is 1250. The van der Waals surface area contributed by atoms with Gasteiger partial charge < -0.3 is 30.7 Å². The Morgan fingerprint density at radius 1 is 1.08 bits per heavy atom. The van der Waals surface area contributed by atoms with Gasteiger partial charge >= 0.3 is 12.0 Å². The van der Waals surface area contributed by atoms with Crippen LogP contribution in [0.4, 0.5) is 17.6 Å². The van der Waals surface area contributed by atoms with Crippen LogP contribution in [-0.2, 0) is 11.2 Å². The van der Waals surface area contributed by atoms with Gasteiger partial charge in [-0.25, -0.2) is 9.78 Å². The van der Waals surface area contributed by atoms with Crippen LogP contribution in [0.2, 0.25) is 10.3 Å². The molecular weight excluding hydrogens is 523 g/mol. The molecule has 1 aliphatic heterocycles. The summed E-state index contributed by atoms with van der Waals surface area (Å²) < 4.78 is 5.19. The highest BCUT2D eigenvalue weighted by Gasteiger charge is 2.22. The topological polar surface area (TPSA) is 154 Å². The maximum Gasteiger partial charge on any atom is 0.326 e. The van der Waals surface area contributed by atoms with Crippen molar-refractivity contribution < 1.29 is 19.4 Å². The molecule has 4 rings (SSSR count). The van der Waals surface area contributed by atoms with Crippen LogP contribution in [0.3, 0.4) is 0 Å². The molecule has 4 N–H and O–H groups in total. The summed E-state index contributed by atoms with van der Waals surface area (Å²) in [7, 11) is 1.44. The lowest BCUT2D eigenvalue weighted by atomic mass is 10.1. The number of anilines is 3. The predicted molar refractivity (Wildman–Crippen MR) is 139 cm³/mol. The van der Waals surface area contributed by atoms with E-state index < -0.39 is 17.9 Å². The molecule has 0 spiro atoms. The van der Waals surface area contributed by atoms with E-state index in [1.54, 1.807) is 24.3 Å². The lowest BCUT2D eigenvalue weighted by Crippen LogP contribution is -2.44. The van der Waals surface area contributed by atoms with Crippen LogP contribution in [-0.4, -0.2) is 76.2 Å². The number of nitrogens with zero attached hydrogens (tertiary/aromatic N) is 5. The van der Waals surface area contributed by atoms with Crippen LogP contribution < -0.4 is 25.6 Å².